The molecule has 0 heterocycles. The van der Waals surface area contributed by atoms with E-state index in [2.05, 4.69) is 29.0 Å². The number of nitro benzene ring substituents is 1. The predicted molar refractivity (Wildman–Crippen MR) is 92.0 cm³/mol. The molecule has 0 atom stereocenters. The zero-order valence-electron chi connectivity index (χ0n) is 13.6. The van der Waals surface area contributed by atoms with Crippen LogP contribution in [0.3, 0.4) is 0 Å². The Labute approximate surface area is 135 Å². The van der Waals surface area contributed by atoms with Gasteiger partial charge in [-0.3, -0.25) is 10.1 Å². The molecule has 0 N–H and O–H groups in total. The molecular formula is C17H20N4O2. The second kappa shape index (κ2) is 7.49. The fraction of sp³-hybridized carbons (Fsp3) is 0.294. The van der Waals surface area contributed by atoms with Gasteiger partial charge in [0.25, 0.3) is 5.69 Å². The van der Waals surface area contributed by atoms with Gasteiger partial charge in [0.2, 0.25) is 0 Å². The molecular weight excluding hydrogens is 292 g/mol. The summed E-state index contributed by atoms with van der Waals surface area (Å²) in [5.41, 5.74) is 3.32. The maximum atomic E-state index is 10.7. The lowest BCUT2D eigenvalue weighted by Crippen LogP contribution is -2.21. The Balaban J connectivity index is 2.15. The third-order valence-corrected chi connectivity index (χ3v) is 3.64. The largest absolute Gasteiger partial charge is 0.372 e. The van der Waals surface area contributed by atoms with Crippen molar-refractivity contribution in [3.05, 3.63) is 58.1 Å². The highest BCUT2D eigenvalue weighted by Crippen LogP contribution is 2.26. The smallest absolute Gasteiger partial charge is 0.269 e. The number of anilines is 1. The Hall–Kier alpha value is -2.76. The molecule has 0 aliphatic heterocycles. The van der Waals surface area contributed by atoms with Crippen LogP contribution in [0.15, 0.2) is 52.7 Å². The number of benzene rings is 2. The van der Waals surface area contributed by atoms with Crippen LogP contribution in [0.5, 0.6) is 0 Å². The Morgan fingerprint density at radius 3 is 2.22 bits per heavy atom. The van der Waals surface area contributed by atoms with Crippen molar-refractivity contribution in [3.63, 3.8) is 0 Å². The van der Waals surface area contributed by atoms with Gasteiger partial charge in [0.1, 0.15) is 0 Å². The Kier molecular flexibility index (Phi) is 5.41. The normalized spacial score (nSPS) is 10.9. The van der Waals surface area contributed by atoms with Crippen LogP contribution < -0.4 is 4.90 Å². The van der Waals surface area contributed by atoms with Crippen molar-refractivity contribution in [2.75, 3.05) is 18.0 Å². The Morgan fingerprint density at radius 1 is 1.04 bits per heavy atom. The minimum absolute atomic E-state index is 0.0602. The van der Waals surface area contributed by atoms with E-state index in [9.17, 15) is 10.1 Å². The lowest BCUT2D eigenvalue weighted by Gasteiger charge is -2.20. The molecule has 6 heteroatoms. The van der Waals surface area contributed by atoms with Gasteiger partial charge < -0.3 is 4.90 Å². The van der Waals surface area contributed by atoms with Crippen molar-refractivity contribution in [2.24, 2.45) is 10.2 Å². The van der Waals surface area contributed by atoms with Gasteiger partial charge in [0, 0.05) is 30.9 Å². The third-order valence-electron chi connectivity index (χ3n) is 3.64. The van der Waals surface area contributed by atoms with Crippen LogP contribution >= 0.6 is 0 Å². The average Bonchev–Trinajstić information content (AvgIpc) is 2.56. The lowest BCUT2D eigenvalue weighted by molar-refractivity contribution is -0.384. The summed E-state index contributed by atoms with van der Waals surface area (Å²) in [6, 6.07) is 12.4. The first-order valence-corrected chi connectivity index (χ1v) is 7.57. The van der Waals surface area contributed by atoms with Gasteiger partial charge in [-0.25, -0.2) is 0 Å². The fourth-order valence-corrected chi connectivity index (χ4v) is 2.30. The van der Waals surface area contributed by atoms with E-state index in [4.69, 9.17) is 0 Å². The SMILES string of the molecule is CCN(CC)c1ccc(N=Nc2ccc([N+](=O)[O-])cc2C)cc1. The summed E-state index contributed by atoms with van der Waals surface area (Å²) in [5.74, 6) is 0. The van der Waals surface area contributed by atoms with Gasteiger partial charge >= 0.3 is 0 Å². The fourth-order valence-electron chi connectivity index (χ4n) is 2.30. The third kappa shape index (κ3) is 4.12. The van der Waals surface area contributed by atoms with Gasteiger partial charge in [0.05, 0.1) is 16.3 Å². The van der Waals surface area contributed by atoms with Crippen LogP contribution in [-0.2, 0) is 0 Å². The van der Waals surface area contributed by atoms with Gasteiger partial charge in [-0.1, -0.05) is 0 Å². The van der Waals surface area contributed by atoms with E-state index in [1.54, 1.807) is 13.0 Å². The molecule has 0 spiro atoms. The highest BCUT2D eigenvalue weighted by molar-refractivity contribution is 5.54. The van der Waals surface area contributed by atoms with Crippen molar-refractivity contribution in [1.82, 2.24) is 0 Å². The summed E-state index contributed by atoms with van der Waals surface area (Å²) < 4.78 is 0. The zero-order valence-corrected chi connectivity index (χ0v) is 13.6. The molecule has 0 aliphatic carbocycles. The van der Waals surface area contributed by atoms with Crippen molar-refractivity contribution in [1.29, 1.82) is 0 Å². The molecule has 0 saturated heterocycles. The van der Waals surface area contributed by atoms with Gasteiger partial charge in [-0.15, -0.1) is 0 Å². The summed E-state index contributed by atoms with van der Waals surface area (Å²) in [4.78, 5) is 12.6. The highest BCUT2D eigenvalue weighted by atomic mass is 16.6. The minimum atomic E-state index is -0.417. The Bertz CT molecular complexity index is 707. The molecule has 2 aromatic rings. The van der Waals surface area contributed by atoms with Crippen LogP contribution in [0.1, 0.15) is 19.4 Å². The molecule has 0 unspecified atom stereocenters. The van der Waals surface area contributed by atoms with E-state index in [0.717, 1.165) is 30.0 Å². The zero-order chi connectivity index (χ0) is 16.8. The summed E-state index contributed by atoms with van der Waals surface area (Å²) >= 11 is 0. The molecule has 0 saturated carbocycles. The average molecular weight is 312 g/mol. The lowest BCUT2D eigenvalue weighted by atomic mass is 10.2. The maximum Gasteiger partial charge on any atom is 0.269 e. The van der Waals surface area contributed by atoms with Crippen molar-refractivity contribution in [3.8, 4) is 0 Å². The highest BCUT2D eigenvalue weighted by Gasteiger charge is 2.07. The second-order valence-electron chi connectivity index (χ2n) is 5.12. The number of aryl methyl sites for hydroxylation is 1. The number of rotatable bonds is 6. The standard InChI is InChI=1S/C17H20N4O2/c1-4-20(5-2)15-8-6-14(7-9-15)18-19-17-11-10-16(21(22)23)12-13(17)3/h6-12H,4-5H2,1-3H3. The molecule has 0 bridgehead atoms. The molecule has 23 heavy (non-hydrogen) atoms. The van der Waals surface area contributed by atoms with Gasteiger partial charge in [-0.05, 0) is 56.7 Å². The molecule has 120 valence electrons. The van der Waals surface area contributed by atoms with E-state index in [1.165, 1.54) is 12.1 Å². The predicted octanol–water partition coefficient (Wildman–Crippen LogP) is 5.16. The summed E-state index contributed by atoms with van der Waals surface area (Å²) in [6.45, 7) is 7.94. The summed E-state index contributed by atoms with van der Waals surface area (Å²) in [5, 5.41) is 19.1. The molecule has 0 radical (unpaired) electrons. The van der Waals surface area contributed by atoms with E-state index in [-0.39, 0.29) is 5.69 Å². The maximum absolute atomic E-state index is 10.7. The molecule has 2 rings (SSSR count). The molecule has 0 aliphatic rings. The van der Waals surface area contributed by atoms with Crippen LogP contribution in [-0.4, -0.2) is 18.0 Å². The van der Waals surface area contributed by atoms with E-state index >= 15 is 0 Å². The molecule has 0 aromatic heterocycles. The Morgan fingerprint density at radius 2 is 1.70 bits per heavy atom. The quantitative estimate of drug-likeness (QED) is 0.420. The number of azo groups is 1. The van der Waals surface area contributed by atoms with Crippen molar-refractivity contribution in [2.45, 2.75) is 20.8 Å². The van der Waals surface area contributed by atoms with Crippen molar-refractivity contribution < 1.29 is 4.92 Å². The topological polar surface area (TPSA) is 71.1 Å². The summed E-state index contributed by atoms with van der Waals surface area (Å²) in [7, 11) is 0. The van der Waals surface area contributed by atoms with E-state index < -0.39 is 4.92 Å². The molecule has 2 aromatic carbocycles. The number of nitrogens with zero attached hydrogens (tertiary/aromatic N) is 4. The first kappa shape index (κ1) is 16.6. The number of hydrogen-bond acceptors (Lipinski definition) is 5. The number of nitro groups is 1. The van der Waals surface area contributed by atoms with Gasteiger partial charge in [0.15, 0.2) is 0 Å². The number of non-ortho nitro benzene ring substituents is 1. The van der Waals surface area contributed by atoms with Crippen LogP contribution in [0, 0.1) is 17.0 Å². The van der Waals surface area contributed by atoms with E-state index in [0.29, 0.717) is 5.69 Å². The van der Waals surface area contributed by atoms with Crippen molar-refractivity contribution >= 4 is 22.7 Å². The molecule has 6 nitrogen and oxygen atoms in total. The van der Waals surface area contributed by atoms with Crippen LogP contribution in [0.2, 0.25) is 0 Å². The monoisotopic (exact) mass is 312 g/mol. The molecule has 0 fully saturated rings. The summed E-state index contributed by atoms with van der Waals surface area (Å²) in [6.07, 6.45) is 0. The second-order valence-corrected chi connectivity index (χ2v) is 5.12. The first-order valence-electron chi connectivity index (χ1n) is 7.57. The number of hydrogen-bond donors (Lipinski definition) is 0. The van der Waals surface area contributed by atoms with Crippen LogP contribution in [0.4, 0.5) is 22.7 Å². The van der Waals surface area contributed by atoms with Crippen LogP contribution in [0.25, 0.3) is 0 Å². The minimum Gasteiger partial charge on any atom is -0.372 e. The van der Waals surface area contributed by atoms with Gasteiger partial charge in [-0.2, -0.15) is 10.2 Å². The van der Waals surface area contributed by atoms with E-state index in [1.807, 2.05) is 24.3 Å². The molecule has 0 amide bonds. The first-order chi connectivity index (χ1) is 11.0.